The molecule has 2 N–H and O–H groups in total. The molecule has 146 valence electrons. The first-order chi connectivity index (χ1) is 13.0. The molecule has 1 aliphatic rings. The molecular weight excluding hydrogens is 356 g/mol. The summed E-state index contributed by atoms with van der Waals surface area (Å²) in [6, 6.07) is 6.40. The fourth-order valence-corrected chi connectivity index (χ4v) is 3.87. The van der Waals surface area contributed by atoms with Crippen molar-refractivity contribution >= 4 is 17.3 Å². The minimum Gasteiger partial charge on any atom is -0.493 e. The zero-order valence-electron chi connectivity index (χ0n) is 16.8. The minimum absolute atomic E-state index is 0.693. The summed E-state index contributed by atoms with van der Waals surface area (Å²) in [6.45, 7) is 8.59. The van der Waals surface area contributed by atoms with Crippen LogP contribution in [0.1, 0.15) is 39.5 Å². The lowest BCUT2D eigenvalue weighted by atomic mass is 10.1. The van der Waals surface area contributed by atoms with Crippen molar-refractivity contribution in [3.8, 4) is 5.75 Å². The lowest BCUT2D eigenvalue weighted by Crippen LogP contribution is -2.37. The number of hydrogen-bond donors (Lipinski definition) is 2. The summed E-state index contributed by atoms with van der Waals surface area (Å²) < 4.78 is 6.06. The molecule has 2 aromatic rings. The third kappa shape index (κ3) is 5.96. The van der Waals surface area contributed by atoms with Crippen LogP contribution < -0.4 is 15.4 Å². The predicted molar refractivity (Wildman–Crippen MR) is 113 cm³/mol. The highest BCUT2D eigenvalue weighted by Gasteiger charge is 2.22. The van der Waals surface area contributed by atoms with Crippen LogP contribution in [-0.4, -0.2) is 31.1 Å². The van der Waals surface area contributed by atoms with E-state index in [0.29, 0.717) is 6.54 Å². The van der Waals surface area contributed by atoms with Gasteiger partial charge in [-0.3, -0.25) is 4.99 Å². The van der Waals surface area contributed by atoms with Crippen LogP contribution in [-0.2, 0) is 13.0 Å². The van der Waals surface area contributed by atoms with Crippen molar-refractivity contribution in [3.05, 3.63) is 44.9 Å². The maximum absolute atomic E-state index is 6.06. The molecule has 1 aromatic heterocycles. The van der Waals surface area contributed by atoms with Crippen molar-refractivity contribution in [1.82, 2.24) is 15.6 Å². The Balaban J connectivity index is 1.50. The molecule has 0 saturated heterocycles. The van der Waals surface area contributed by atoms with Crippen molar-refractivity contribution < 1.29 is 4.74 Å². The first kappa shape index (κ1) is 19.7. The third-order valence-electron chi connectivity index (χ3n) is 4.71. The average Bonchev–Trinajstić information content (AvgIpc) is 3.41. The fourth-order valence-electron chi connectivity index (χ4n) is 2.93. The molecule has 0 bridgehead atoms. The lowest BCUT2D eigenvalue weighted by molar-refractivity contribution is 0.296. The number of aryl methyl sites for hydroxylation is 3. The number of rotatable bonds is 8. The Labute approximate surface area is 166 Å². The van der Waals surface area contributed by atoms with E-state index < -0.39 is 0 Å². The number of nitrogens with one attached hydrogen (secondary N) is 2. The van der Waals surface area contributed by atoms with E-state index in [9.17, 15) is 0 Å². The maximum Gasteiger partial charge on any atom is 0.191 e. The molecule has 0 aliphatic heterocycles. The van der Waals surface area contributed by atoms with Gasteiger partial charge < -0.3 is 15.4 Å². The van der Waals surface area contributed by atoms with Crippen LogP contribution in [0.3, 0.4) is 0 Å². The molecule has 1 heterocycles. The molecule has 0 spiro atoms. The molecule has 0 atom stereocenters. The van der Waals surface area contributed by atoms with E-state index in [4.69, 9.17) is 4.74 Å². The molecule has 3 rings (SSSR count). The van der Waals surface area contributed by atoms with Crippen LogP contribution in [0.4, 0.5) is 0 Å². The van der Waals surface area contributed by atoms with Crippen LogP contribution in [0, 0.1) is 26.7 Å². The van der Waals surface area contributed by atoms with Gasteiger partial charge in [0.05, 0.1) is 17.3 Å². The fraction of sp³-hybridized carbons (Fsp3) is 0.524. The van der Waals surface area contributed by atoms with Gasteiger partial charge in [0.25, 0.3) is 0 Å². The van der Waals surface area contributed by atoms with Gasteiger partial charge in [0, 0.05) is 37.0 Å². The van der Waals surface area contributed by atoms with Gasteiger partial charge in [-0.05, 0) is 51.2 Å². The Kier molecular flexibility index (Phi) is 6.72. The molecule has 0 unspecified atom stereocenters. The van der Waals surface area contributed by atoms with Gasteiger partial charge in [-0.15, -0.1) is 11.3 Å². The van der Waals surface area contributed by atoms with Crippen LogP contribution in [0.25, 0.3) is 0 Å². The Hall–Kier alpha value is -2.08. The highest BCUT2D eigenvalue weighted by Crippen LogP contribution is 2.30. The van der Waals surface area contributed by atoms with E-state index in [2.05, 4.69) is 59.6 Å². The van der Waals surface area contributed by atoms with Crippen molar-refractivity contribution in [2.24, 2.45) is 10.9 Å². The third-order valence-corrected chi connectivity index (χ3v) is 5.84. The summed E-state index contributed by atoms with van der Waals surface area (Å²) in [6.07, 6.45) is 3.56. The van der Waals surface area contributed by atoms with Crippen LogP contribution >= 0.6 is 11.3 Å². The van der Waals surface area contributed by atoms with E-state index in [0.717, 1.165) is 53.5 Å². The van der Waals surface area contributed by atoms with Crippen molar-refractivity contribution in [2.75, 3.05) is 20.2 Å². The summed E-state index contributed by atoms with van der Waals surface area (Å²) in [5.74, 6) is 2.54. The van der Waals surface area contributed by atoms with Gasteiger partial charge >= 0.3 is 0 Å². The smallest absolute Gasteiger partial charge is 0.191 e. The second-order valence-electron chi connectivity index (χ2n) is 7.21. The summed E-state index contributed by atoms with van der Waals surface area (Å²) >= 11 is 1.77. The molecule has 5 nitrogen and oxygen atoms in total. The summed E-state index contributed by atoms with van der Waals surface area (Å²) in [5.41, 5.74) is 3.53. The highest BCUT2D eigenvalue weighted by atomic mass is 32.1. The van der Waals surface area contributed by atoms with Crippen molar-refractivity contribution in [3.63, 3.8) is 0 Å². The van der Waals surface area contributed by atoms with E-state index in [1.807, 2.05) is 0 Å². The van der Waals surface area contributed by atoms with Crippen LogP contribution in [0.5, 0.6) is 5.75 Å². The Bertz CT molecular complexity index is 795. The highest BCUT2D eigenvalue weighted by molar-refractivity contribution is 7.11. The van der Waals surface area contributed by atoms with Gasteiger partial charge in [0.2, 0.25) is 0 Å². The predicted octanol–water partition coefficient (Wildman–Crippen LogP) is 3.76. The standard InChI is InChI=1S/C21H30N4OS/c1-14-5-8-18(19(11-14)26-13-17-6-7-17)12-24-21(22-4)23-10-9-20-15(2)25-16(3)27-20/h5,8,11,17H,6-7,9-10,12-13H2,1-4H3,(H2,22,23,24). The number of ether oxygens (including phenoxy) is 1. The first-order valence-electron chi connectivity index (χ1n) is 9.65. The van der Waals surface area contributed by atoms with E-state index in [-0.39, 0.29) is 0 Å². The molecule has 1 aromatic carbocycles. The molecular formula is C21H30N4OS. The van der Waals surface area contributed by atoms with E-state index in [1.165, 1.54) is 23.3 Å². The zero-order chi connectivity index (χ0) is 19.2. The van der Waals surface area contributed by atoms with E-state index >= 15 is 0 Å². The normalized spacial score (nSPS) is 14.3. The molecule has 27 heavy (non-hydrogen) atoms. The number of aromatic nitrogens is 1. The van der Waals surface area contributed by atoms with Crippen molar-refractivity contribution in [1.29, 1.82) is 0 Å². The molecule has 6 heteroatoms. The minimum atomic E-state index is 0.693. The Morgan fingerprint density at radius 3 is 2.74 bits per heavy atom. The lowest BCUT2D eigenvalue weighted by Gasteiger charge is -2.15. The second kappa shape index (κ2) is 9.22. The SMILES string of the molecule is CN=C(NCCc1sc(C)nc1C)NCc1ccc(C)cc1OCC1CC1. The van der Waals surface area contributed by atoms with Gasteiger partial charge in [-0.2, -0.15) is 0 Å². The zero-order valence-corrected chi connectivity index (χ0v) is 17.6. The summed E-state index contributed by atoms with van der Waals surface area (Å²) in [7, 11) is 1.80. The summed E-state index contributed by atoms with van der Waals surface area (Å²) in [5, 5.41) is 7.92. The number of thiazole rings is 1. The van der Waals surface area contributed by atoms with E-state index in [1.54, 1.807) is 18.4 Å². The number of benzene rings is 1. The van der Waals surface area contributed by atoms with Crippen LogP contribution in [0.2, 0.25) is 0 Å². The van der Waals surface area contributed by atoms with Gasteiger partial charge in [-0.1, -0.05) is 12.1 Å². The Morgan fingerprint density at radius 2 is 2.07 bits per heavy atom. The number of guanidine groups is 1. The Morgan fingerprint density at radius 1 is 1.26 bits per heavy atom. The molecule has 1 aliphatic carbocycles. The summed E-state index contributed by atoms with van der Waals surface area (Å²) in [4.78, 5) is 10.2. The number of nitrogens with zero attached hydrogens (tertiary/aromatic N) is 2. The molecule has 0 radical (unpaired) electrons. The molecule has 0 amide bonds. The number of aliphatic imine (C=N–C) groups is 1. The second-order valence-corrected chi connectivity index (χ2v) is 8.50. The monoisotopic (exact) mass is 386 g/mol. The molecule has 1 fully saturated rings. The van der Waals surface area contributed by atoms with Crippen molar-refractivity contribution in [2.45, 2.75) is 46.6 Å². The van der Waals surface area contributed by atoms with Gasteiger partial charge in [0.1, 0.15) is 5.75 Å². The van der Waals surface area contributed by atoms with Gasteiger partial charge in [-0.25, -0.2) is 4.98 Å². The number of hydrogen-bond acceptors (Lipinski definition) is 4. The largest absolute Gasteiger partial charge is 0.493 e. The first-order valence-corrected chi connectivity index (χ1v) is 10.5. The average molecular weight is 387 g/mol. The maximum atomic E-state index is 6.06. The quantitative estimate of drug-likeness (QED) is 0.536. The topological polar surface area (TPSA) is 58.5 Å². The van der Waals surface area contributed by atoms with Gasteiger partial charge in [0.15, 0.2) is 5.96 Å². The van der Waals surface area contributed by atoms with Crippen LogP contribution in [0.15, 0.2) is 23.2 Å². The molecule has 1 saturated carbocycles.